The summed E-state index contributed by atoms with van der Waals surface area (Å²) in [4.78, 5) is 46.9. The van der Waals surface area contributed by atoms with Crippen molar-refractivity contribution in [2.45, 2.75) is 39.2 Å². The molecule has 33 heavy (non-hydrogen) atoms. The van der Waals surface area contributed by atoms with E-state index in [4.69, 9.17) is 19.3 Å². The lowest BCUT2D eigenvalue weighted by atomic mass is 9.94. The van der Waals surface area contributed by atoms with Crippen LogP contribution in [0, 0.1) is 5.92 Å². The fraction of sp³-hybridized carbons (Fsp3) is 0.565. The summed E-state index contributed by atoms with van der Waals surface area (Å²) in [5.74, 6) is -1.92. The van der Waals surface area contributed by atoms with E-state index in [2.05, 4.69) is 23.5 Å². The molecule has 1 rings (SSSR count). The molecule has 0 fully saturated rings. The van der Waals surface area contributed by atoms with Crippen LogP contribution >= 0.6 is 10.0 Å². The maximum atomic E-state index is 12.5. The Kier molecular flexibility index (Phi) is 11.8. The third-order valence-corrected chi connectivity index (χ3v) is 5.74. The highest BCUT2D eigenvalue weighted by Gasteiger charge is 2.22. The molecule has 0 amide bonds. The van der Waals surface area contributed by atoms with Gasteiger partial charge in [0.25, 0.3) is 0 Å². The van der Waals surface area contributed by atoms with Crippen LogP contribution in [0.15, 0.2) is 24.3 Å². The zero-order chi connectivity index (χ0) is 25.0. The van der Waals surface area contributed by atoms with Crippen LogP contribution in [0.5, 0.6) is 0 Å². The second-order valence-corrected chi connectivity index (χ2v) is 13.2. The second kappa shape index (κ2) is 13.7. The number of rotatable bonds is 13. The Morgan fingerprint density at radius 3 is 2.15 bits per heavy atom. The van der Waals surface area contributed by atoms with Crippen LogP contribution < -0.4 is 0 Å². The average Bonchev–Trinajstić information content (AvgIpc) is 2.69. The van der Waals surface area contributed by atoms with Crippen molar-refractivity contribution in [2.75, 3.05) is 37.9 Å². The van der Waals surface area contributed by atoms with Gasteiger partial charge in [0.2, 0.25) is 6.79 Å². The zero-order valence-corrected chi connectivity index (χ0v) is 20.6. The molecule has 0 bridgehead atoms. The van der Waals surface area contributed by atoms with Gasteiger partial charge < -0.3 is 24.1 Å². The van der Waals surface area contributed by atoms with Gasteiger partial charge in [-0.1, -0.05) is 12.1 Å². The predicted molar refractivity (Wildman–Crippen MR) is 125 cm³/mol. The minimum absolute atomic E-state index is 0.145. The molecule has 9 nitrogen and oxygen atoms in total. The number of carbonyl (C=O) groups is 4. The first-order valence-electron chi connectivity index (χ1n) is 10.5. The Morgan fingerprint density at radius 1 is 0.970 bits per heavy atom. The highest BCUT2D eigenvalue weighted by atomic mass is 32.3. The van der Waals surface area contributed by atoms with Gasteiger partial charge in [-0.25, -0.2) is 19.6 Å². The van der Waals surface area contributed by atoms with E-state index < -0.39 is 46.8 Å². The summed E-state index contributed by atoms with van der Waals surface area (Å²) in [7, 11) is -0.810. The topological polar surface area (TPSA) is 125 Å². The summed E-state index contributed by atoms with van der Waals surface area (Å²) in [5.41, 5.74) is 0.981. The van der Waals surface area contributed by atoms with Gasteiger partial charge in [-0.05, 0) is 63.2 Å². The van der Waals surface area contributed by atoms with Crippen molar-refractivity contribution in [3.05, 3.63) is 35.4 Å². The van der Waals surface area contributed by atoms with Gasteiger partial charge in [0, 0.05) is 12.2 Å². The standard InChI is InChI=1S/C23H34O9S/c1-16(2)32-23(28)31-15-30-21(26)18-8-6-17(7-9-18)14-19(10-11-20(24)25)22(27)29-12-13-33(3,4)5/h6-9,16,19H,10-15H2,1-5H3,(H,24,25). The third kappa shape index (κ3) is 12.8. The van der Waals surface area contributed by atoms with Gasteiger partial charge in [-0.15, -0.1) is 0 Å². The molecule has 10 heteroatoms. The molecule has 1 N–H and O–H groups in total. The summed E-state index contributed by atoms with van der Waals surface area (Å²) >= 11 is 0. The SMILES string of the molecule is CC(C)OC(=O)OCOC(=O)c1ccc(CC(CCC(=O)O)C(=O)OCCS(C)(C)C)cc1. The molecular formula is C23H34O9S. The number of carboxylic acids is 1. The highest BCUT2D eigenvalue weighted by Crippen LogP contribution is 2.33. The summed E-state index contributed by atoms with van der Waals surface area (Å²) in [5, 5.41) is 9.00. The van der Waals surface area contributed by atoms with Crippen molar-refractivity contribution < 1.29 is 43.2 Å². The first-order chi connectivity index (χ1) is 15.4. The molecule has 0 aromatic heterocycles. The smallest absolute Gasteiger partial charge is 0.481 e. The quantitative estimate of drug-likeness (QED) is 0.253. The second-order valence-electron chi connectivity index (χ2n) is 8.60. The normalized spacial score (nSPS) is 12.5. The molecule has 186 valence electrons. The van der Waals surface area contributed by atoms with E-state index >= 15 is 0 Å². The first kappa shape index (κ1) is 28.3. The van der Waals surface area contributed by atoms with E-state index in [-0.39, 0.29) is 30.9 Å². The molecule has 1 atom stereocenters. The van der Waals surface area contributed by atoms with E-state index in [1.54, 1.807) is 26.0 Å². The van der Waals surface area contributed by atoms with Crippen molar-refractivity contribution in [2.24, 2.45) is 5.92 Å². The number of hydrogen-bond donors (Lipinski definition) is 1. The van der Waals surface area contributed by atoms with Crippen LogP contribution in [0.3, 0.4) is 0 Å². The lowest BCUT2D eigenvalue weighted by Gasteiger charge is -2.25. The van der Waals surface area contributed by atoms with E-state index in [9.17, 15) is 19.2 Å². The van der Waals surface area contributed by atoms with Gasteiger partial charge in [0.15, 0.2) is 0 Å². The van der Waals surface area contributed by atoms with Crippen molar-refractivity contribution in [1.29, 1.82) is 0 Å². The molecule has 0 heterocycles. The number of benzene rings is 1. The summed E-state index contributed by atoms with van der Waals surface area (Å²) in [6.45, 7) is 3.05. The molecule has 0 aliphatic rings. The molecular weight excluding hydrogens is 452 g/mol. The minimum Gasteiger partial charge on any atom is -0.481 e. The van der Waals surface area contributed by atoms with Crippen LogP contribution in [0.4, 0.5) is 4.79 Å². The summed E-state index contributed by atoms with van der Waals surface area (Å²) < 4.78 is 19.7. The Balaban J connectivity index is 2.65. The molecule has 0 aliphatic heterocycles. The third-order valence-electron chi connectivity index (χ3n) is 4.35. The summed E-state index contributed by atoms with van der Waals surface area (Å²) in [6, 6.07) is 6.36. The predicted octanol–water partition coefficient (Wildman–Crippen LogP) is 3.62. The molecule has 0 spiro atoms. The first-order valence-corrected chi connectivity index (χ1v) is 13.5. The lowest BCUT2D eigenvalue weighted by molar-refractivity contribution is -0.148. The van der Waals surface area contributed by atoms with Crippen LogP contribution in [-0.2, 0) is 35.0 Å². The minimum atomic E-state index is -0.982. The largest absolute Gasteiger partial charge is 0.511 e. The molecule has 0 saturated heterocycles. The van der Waals surface area contributed by atoms with Crippen LogP contribution in [0.2, 0.25) is 0 Å². The van der Waals surface area contributed by atoms with Gasteiger partial charge in [-0.2, -0.15) is 0 Å². The molecule has 0 aliphatic carbocycles. The fourth-order valence-electron chi connectivity index (χ4n) is 2.61. The van der Waals surface area contributed by atoms with Crippen LogP contribution in [0.25, 0.3) is 0 Å². The van der Waals surface area contributed by atoms with Crippen molar-refractivity contribution in [1.82, 2.24) is 0 Å². The van der Waals surface area contributed by atoms with Gasteiger partial charge >= 0.3 is 24.1 Å². The molecule has 1 aromatic carbocycles. The maximum absolute atomic E-state index is 12.5. The number of hydrogen-bond acceptors (Lipinski definition) is 8. The zero-order valence-electron chi connectivity index (χ0n) is 19.8. The van der Waals surface area contributed by atoms with Crippen molar-refractivity contribution in [3.63, 3.8) is 0 Å². The number of carboxylic acid groups (broad SMARTS) is 1. The highest BCUT2D eigenvalue weighted by molar-refractivity contribution is 8.32. The van der Waals surface area contributed by atoms with Crippen molar-refractivity contribution >= 4 is 34.1 Å². The Morgan fingerprint density at radius 2 is 1.61 bits per heavy atom. The Labute approximate surface area is 196 Å². The molecule has 0 radical (unpaired) electrons. The van der Waals surface area contributed by atoms with Crippen molar-refractivity contribution in [3.8, 4) is 0 Å². The molecule has 0 saturated carbocycles. The number of ether oxygens (including phenoxy) is 4. The Hall–Kier alpha value is -2.75. The average molecular weight is 487 g/mol. The number of aliphatic carboxylic acids is 1. The maximum Gasteiger partial charge on any atom is 0.511 e. The summed E-state index contributed by atoms with van der Waals surface area (Å²) in [6.07, 6.45) is 5.38. The van der Waals surface area contributed by atoms with E-state index in [1.807, 2.05) is 0 Å². The number of carbonyl (C=O) groups excluding carboxylic acids is 3. The van der Waals surface area contributed by atoms with E-state index in [1.165, 1.54) is 12.1 Å². The lowest BCUT2D eigenvalue weighted by Crippen LogP contribution is -2.23. The number of esters is 2. The van der Waals surface area contributed by atoms with Gasteiger partial charge in [0.05, 0.1) is 24.2 Å². The van der Waals surface area contributed by atoms with Crippen LogP contribution in [0.1, 0.15) is 42.6 Å². The monoisotopic (exact) mass is 486 g/mol. The molecule has 1 unspecified atom stereocenters. The van der Waals surface area contributed by atoms with Gasteiger partial charge in [-0.3, -0.25) is 9.59 Å². The Bertz CT molecular complexity index is 797. The fourth-order valence-corrected chi connectivity index (χ4v) is 3.20. The molecule has 1 aromatic rings. The van der Waals surface area contributed by atoms with E-state index in [0.717, 1.165) is 11.3 Å². The van der Waals surface area contributed by atoms with Gasteiger partial charge in [0.1, 0.15) is 0 Å². The van der Waals surface area contributed by atoms with Crippen LogP contribution in [-0.4, -0.2) is 73.2 Å². The van der Waals surface area contributed by atoms with E-state index in [0.29, 0.717) is 6.61 Å².